The smallest absolute Gasteiger partial charge is 0.327 e. The molecule has 1 fully saturated rings. The topological polar surface area (TPSA) is 65.5 Å². The third-order valence-electron chi connectivity index (χ3n) is 2.72. The van der Waals surface area contributed by atoms with Gasteiger partial charge in [-0.3, -0.25) is 0 Å². The second kappa shape index (κ2) is 5.84. The molecule has 1 aliphatic rings. The maximum atomic E-state index is 11.1. The van der Waals surface area contributed by atoms with Crippen LogP contribution in [0.2, 0.25) is 0 Å². The molecular formula is C11H16ClN3O2. The SMILES string of the molecule is Cc1ccc(N2CCNCC2C(=O)O)nc1.Cl. The zero-order valence-electron chi connectivity index (χ0n) is 9.59. The van der Waals surface area contributed by atoms with Crippen molar-refractivity contribution in [2.24, 2.45) is 0 Å². The van der Waals surface area contributed by atoms with Crippen LogP contribution in [0.4, 0.5) is 5.82 Å². The van der Waals surface area contributed by atoms with Gasteiger partial charge in [0.05, 0.1) is 0 Å². The molecule has 1 saturated heterocycles. The summed E-state index contributed by atoms with van der Waals surface area (Å²) in [4.78, 5) is 17.2. The van der Waals surface area contributed by atoms with E-state index in [0.717, 1.165) is 17.9 Å². The summed E-state index contributed by atoms with van der Waals surface area (Å²) in [6.45, 7) is 3.89. The van der Waals surface area contributed by atoms with Crippen molar-refractivity contribution in [3.63, 3.8) is 0 Å². The van der Waals surface area contributed by atoms with E-state index in [4.69, 9.17) is 5.11 Å². The summed E-state index contributed by atoms with van der Waals surface area (Å²) in [7, 11) is 0. The minimum absolute atomic E-state index is 0. The Balaban J connectivity index is 0.00000144. The number of nitrogens with one attached hydrogen (secondary N) is 1. The second-order valence-electron chi connectivity index (χ2n) is 3.95. The lowest BCUT2D eigenvalue weighted by Gasteiger charge is -2.34. The van der Waals surface area contributed by atoms with Crippen molar-refractivity contribution >= 4 is 24.2 Å². The predicted molar refractivity (Wildman–Crippen MR) is 67.9 cm³/mol. The normalized spacial score (nSPS) is 19.6. The number of carbonyl (C=O) groups is 1. The van der Waals surface area contributed by atoms with E-state index in [0.29, 0.717) is 13.1 Å². The lowest BCUT2D eigenvalue weighted by molar-refractivity contribution is -0.138. The van der Waals surface area contributed by atoms with Gasteiger partial charge in [-0.2, -0.15) is 0 Å². The molecule has 0 saturated carbocycles. The van der Waals surface area contributed by atoms with E-state index in [1.165, 1.54) is 0 Å². The Hall–Kier alpha value is -1.33. The first-order valence-corrected chi connectivity index (χ1v) is 5.31. The number of anilines is 1. The predicted octanol–water partition coefficient (Wildman–Crippen LogP) is 0.675. The zero-order chi connectivity index (χ0) is 11.5. The van der Waals surface area contributed by atoms with Crippen molar-refractivity contribution in [3.05, 3.63) is 23.9 Å². The van der Waals surface area contributed by atoms with Crippen LogP contribution in [-0.2, 0) is 4.79 Å². The van der Waals surface area contributed by atoms with Gasteiger partial charge in [-0.15, -0.1) is 12.4 Å². The number of nitrogens with zero attached hydrogens (tertiary/aromatic N) is 2. The first-order valence-electron chi connectivity index (χ1n) is 5.31. The van der Waals surface area contributed by atoms with Gasteiger partial charge in [-0.05, 0) is 18.6 Å². The molecule has 1 aromatic rings. The molecule has 0 radical (unpaired) electrons. The summed E-state index contributed by atoms with van der Waals surface area (Å²) < 4.78 is 0. The number of rotatable bonds is 2. The molecule has 0 amide bonds. The minimum Gasteiger partial charge on any atom is -0.480 e. The zero-order valence-corrected chi connectivity index (χ0v) is 10.4. The van der Waals surface area contributed by atoms with Crippen LogP contribution in [0.3, 0.4) is 0 Å². The van der Waals surface area contributed by atoms with Gasteiger partial charge in [-0.25, -0.2) is 9.78 Å². The lowest BCUT2D eigenvalue weighted by Crippen LogP contribution is -2.55. The largest absolute Gasteiger partial charge is 0.480 e. The molecule has 1 atom stereocenters. The highest BCUT2D eigenvalue weighted by atomic mass is 35.5. The molecule has 0 aliphatic carbocycles. The van der Waals surface area contributed by atoms with Gasteiger partial charge in [-0.1, -0.05) is 6.07 Å². The second-order valence-corrected chi connectivity index (χ2v) is 3.95. The molecule has 1 unspecified atom stereocenters. The number of aliphatic carboxylic acids is 1. The molecule has 5 nitrogen and oxygen atoms in total. The monoisotopic (exact) mass is 257 g/mol. The fraction of sp³-hybridized carbons (Fsp3) is 0.455. The van der Waals surface area contributed by atoms with E-state index < -0.39 is 12.0 Å². The van der Waals surface area contributed by atoms with Crippen LogP contribution in [-0.4, -0.2) is 41.7 Å². The molecule has 0 spiro atoms. The number of hydrogen-bond acceptors (Lipinski definition) is 4. The number of hydrogen-bond donors (Lipinski definition) is 2. The Morgan fingerprint density at radius 1 is 1.59 bits per heavy atom. The van der Waals surface area contributed by atoms with E-state index in [-0.39, 0.29) is 12.4 Å². The average molecular weight is 258 g/mol. The number of halogens is 1. The van der Waals surface area contributed by atoms with Gasteiger partial charge in [0, 0.05) is 25.8 Å². The molecule has 6 heteroatoms. The first kappa shape index (κ1) is 13.7. The molecule has 0 bridgehead atoms. The third kappa shape index (κ3) is 3.08. The molecule has 2 heterocycles. The number of aromatic nitrogens is 1. The van der Waals surface area contributed by atoms with E-state index in [1.807, 2.05) is 24.0 Å². The number of piperazine rings is 1. The highest BCUT2D eigenvalue weighted by Gasteiger charge is 2.28. The van der Waals surface area contributed by atoms with Crippen LogP contribution in [0.1, 0.15) is 5.56 Å². The maximum Gasteiger partial charge on any atom is 0.327 e. The molecule has 1 aromatic heterocycles. The fourth-order valence-electron chi connectivity index (χ4n) is 1.83. The molecule has 94 valence electrons. The van der Waals surface area contributed by atoms with Crippen LogP contribution in [0, 0.1) is 6.92 Å². The van der Waals surface area contributed by atoms with Crippen molar-refractivity contribution in [1.82, 2.24) is 10.3 Å². The summed E-state index contributed by atoms with van der Waals surface area (Å²) >= 11 is 0. The van der Waals surface area contributed by atoms with Gasteiger partial charge >= 0.3 is 5.97 Å². The van der Waals surface area contributed by atoms with E-state index in [1.54, 1.807) is 6.20 Å². The number of carboxylic acid groups (broad SMARTS) is 1. The van der Waals surface area contributed by atoms with Crippen LogP contribution in [0.25, 0.3) is 0 Å². The molecule has 0 aromatic carbocycles. The van der Waals surface area contributed by atoms with Crippen molar-refractivity contribution in [2.75, 3.05) is 24.5 Å². The molecule has 2 N–H and O–H groups in total. The molecule has 1 aliphatic heterocycles. The average Bonchev–Trinajstić information content (AvgIpc) is 2.30. The number of carboxylic acids is 1. The van der Waals surface area contributed by atoms with Gasteiger partial charge in [0.1, 0.15) is 11.9 Å². The Morgan fingerprint density at radius 2 is 2.35 bits per heavy atom. The van der Waals surface area contributed by atoms with Crippen molar-refractivity contribution < 1.29 is 9.90 Å². The molecule has 2 rings (SSSR count). The summed E-state index contributed by atoms with van der Waals surface area (Å²) in [5.41, 5.74) is 1.07. The van der Waals surface area contributed by atoms with Crippen LogP contribution < -0.4 is 10.2 Å². The van der Waals surface area contributed by atoms with Gasteiger partial charge in [0.25, 0.3) is 0 Å². The number of pyridine rings is 1. The van der Waals surface area contributed by atoms with Crippen LogP contribution >= 0.6 is 12.4 Å². The lowest BCUT2D eigenvalue weighted by atomic mass is 10.2. The van der Waals surface area contributed by atoms with Gasteiger partial charge in [0.2, 0.25) is 0 Å². The fourth-order valence-corrected chi connectivity index (χ4v) is 1.83. The minimum atomic E-state index is -0.811. The van der Waals surface area contributed by atoms with Crippen LogP contribution in [0.15, 0.2) is 18.3 Å². The van der Waals surface area contributed by atoms with Gasteiger partial charge in [0.15, 0.2) is 0 Å². The van der Waals surface area contributed by atoms with Crippen molar-refractivity contribution in [3.8, 4) is 0 Å². The van der Waals surface area contributed by atoms with Gasteiger partial charge < -0.3 is 15.3 Å². The Morgan fingerprint density at radius 3 is 2.94 bits per heavy atom. The number of aryl methyl sites for hydroxylation is 1. The third-order valence-corrected chi connectivity index (χ3v) is 2.72. The molecular weight excluding hydrogens is 242 g/mol. The highest BCUT2D eigenvalue weighted by molar-refractivity contribution is 5.85. The van der Waals surface area contributed by atoms with E-state index in [2.05, 4.69) is 10.3 Å². The quantitative estimate of drug-likeness (QED) is 0.816. The van der Waals surface area contributed by atoms with Crippen LogP contribution in [0.5, 0.6) is 0 Å². The standard InChI is InChI=1S/C11H15N3O2.ClH/c1-8-2-3-10(13-6-8)14-5-4-12-7-9(14)11(15)16;/h2-3,6,9,12H,4-5,7H2,1H3,(H,15,16);1H. The summed E-state index contributed by atoms with van der Waals surface area (Å²) in [6.07, 6.45) is 1.76. The van der Waals surface area contributed by atoms with E-state index in [9.17, 15) is 4.79 Å². The van der Waals surface area contributed by atoms with E-state index >= 15 is 0 Å². The Kier molecular flexibility index (Phi) is 4.72. The van der Waals surface area contributed by atoms with Crippen molar-refractivity contribution in [2.45, 2.75) is 13.0 Å². The van der Waals surface area contributed by atoms with Crippen molar-refractivity contribution in [1.29, 1.82) is 0 Å². The Bertz CT molecular complexity index is 383. The molecule has 17 heavy (non-hydrogen) atoms. The highest BCUT2D eigenvalue weighted by Crippen LogP contribution is 2.15. The Labute approximate surface area is 106 Å². The summed E-state index contributed by atoms with van der Waals surface area (Å²) in [5.74, 6) is -0.0749. The summed E-state index contributed by atoms with van der Waals surface area (Å²) in [5, 5.41) is 12.2. The summed E-state index contributed by atoms with van der Waals surface area (Å²) in [6, 6.07) is 3.30. The first-order chi connectivity index (χ1) is 7.68. The maximum absolute atomic E-state index is 11.1.